The van der Waals surface area contributed by atoms with Gasteiger partial charge in [0.25, 0.3) is 5.91 Å². The van der Waals surface area contributed by atoms with E-state index in [4.69, 9.17) is 21.3 Å². The van der Waals surface area contributed by atoms with E-state index in [2.05, 4.69) is 15.2 Å². The molecule has 1 aromatic heterocycles. The minimum atomic E-state index is -0.427. The van der Waals surface area contributed by atoms with Crippen LogP contribution in [0.2, 0.25) is 5.02 Å². The van der Waals surface area contributed by atoms with Gasteiger partial charge in [-0.05, 0) is 56.3 Å². The molecule has 1 aliphatic heterocycles. The van der Waals surface area contributed by atoms with Crippen molar-refractivity contribution in [3.05, 3.63) is 94.7 Å². The van der Waals surface area contributed by atoms with Crippen LogP contribution in [0.15, 0.2) is 84.1 Å². The van der Waals surface area contributed by atoms with Gasteiger partial charge in [-0.2, -0.15) is 0 Å². The summed E-state index contributed by atoms with van der Waals surface area (Å²) in [5, 5.41) is 6.97. The van der Waals surface area contributed by atoms with Gasteiger partial charge in [-0.3, -0.25) is 9.36 Å². The summed E-state index contributed by atoms with van der Waals surface area (Å²) in [6.45, 7) is 4.37. The minimum absolute atomic E-state index is 0.206. The number of hydrogen-bond acceptors (Lipinski definition) is 4. The Balaban J connectivity index is 1.68. The molecule has 2 heterocycles. The fraction of sp³-hybridized carbons (Fsp3) is 0.154. The number of hydrogen-bond donors (Lipinski definition) is 2. The number of imidazole rings is 1. The average Bonchev–Trinajstić information content (AvgIpc) is 3.18. The van der Waals surface area contributed by atoms with Crippen molar-refractivity contribution in [2.24, 2.45) is 0 Å². The lowest BCUT2D eigenvalue weighted by molar-refractivity contribution is -0.113. The molecular formula is C26H23ClN4O2. The van der Waals surface area contributed by atoms with E-state index in [0.717, 1.165) is 28.0 Å². The summed E-state index contributed by atoms with van der Waals surface area (Å²) < 4.78 is 8.03. The number of benzene rings is 3. The Hall–Kier alpha value is -3.77. The number of rotatable bonds is 5. The SMILES string of the molecule is CCOc1ccccc1[C@H]1C(C(=O)Nc2ccc(Cl)cc2)=C(C)Nc2nc3ccccc3n21. The maximum absolute atomic E-state index is 13.7. The smallest absolute Gasteiger partial charge is 0.255 e. The lowest BCUT2D eigenvalue weighted by Gasteiger charge is -2.31. The van der Waals surface area contributed by atoms with Gasteiger partial charge in [0.15, 0.2) is 0 Å². The number of para-hydroxylation sites is 3. The Morgan fingerprint density at radius 1 is 1.09 bits per heavy atom. The molecule has 0 radical (unpaired) electrons. The predicted molar refractivity (Wildman–Crippen MR) is 132 cm³/mol. The van der Waals surface area contributed by atoms with Crippen LogP contribution in [0, 0.1) is 0 Å². The molecule has 5 rings (SSSR count). The fourth-order valence-electron chi connectivity index (χ4n) is 4.28. The standard InChI is InChI=1S/C26H23ClN4O2/c1-3-33-22-11-7-4-8-19(22)24-23(25(32)29-18-14-12-17(27)13-15-18)16(2)28-26-30-20-9-5-6-10-21(20)31(24)26/h4-15,24H,3H2,1-2H3,(H,28,30)(H,29,32)/t24-/m0/s1. The Kier molecular flexibility index (Phi) is 5.52. The molecule has 3 aromatic carbocycles. The van der Waals surface area contributed by atoms with Crippen LogP contribution in [0.25, 0.3) is 11.0 Å². The minimum Gasteiger partial charge on any atom is -0.494 e. The number of nitrogens with zero attached hydrogens (tertiary/aromatic N) is 2. The number of halogens is 1. The molecule has 7 heteroatoms. The number of anilines is 2. The van der Waals surface area contributed by atoms with E-state index in [9.17, 15) is 4.79 Å². The molecule has 166 valence electrons. The van der Waals surface area contributed by atoms with Crippen molar-refractivity contribution >= 4 is 40.2 Å². The van der Waals surface area contributed by atoms with Crippen LogP contribution >= 0.6 is 11.6 Å². The Morgan fingerprint density at radius 2 is 1.82 bits per heavy atom. The van der Waals surface area contributed by atoms with E-state index in [1.807, 2.05) is 62.4 Å². The molecule has 0 saturated carbocycles. The topological polar surface area (TPSA) is 68.2 Å². The molecule has 0 unspecified atom stereocenters. The molecule has 33 heavy (non-hydrogen) atoms. The van der Waals surface area contributed by atoms with Crippen molar-refractivity contribution in [1.82, 2.24) is 9.55 Å². The van der Waals surface area contributed by atoms with Gasteiger partial charge in [0.2, 0.25) is 5.95 Å². The van der Waals surface area contributed by atoms with Crippen molar-refractivity contribution in [2.75, 3.05) is 17.2 Å². The van der Waals surface area contributed by atoms with Crippen LogP contribution in [0.3, 0.4) is 0 Å². The second-order valence-corrected chi connectivity index (χ2v) is 8.23. The van der Waals surface area contributed by atoms with Gasteiger partial charge < -0.3 is 15.4 Å². The molecule has 4 aromatic rings. The van der Waals surface area contributed by atoms with Crippen molar-refractivity contribution in [3.63, 3.8) is 0 Å². The second-order valence-electron chi connectivity index (χ2n) is 7.79. The molecule has 6 nitrogen and oxygen atoms in total. The van der Waals surface area contributed by atoms with Gasteiger partial charge in [0.1, 0.15) is 5.75 Å². The number of nitrogens with one attached hydrogen (secondary N) is 2. The molecule has 0 spiro atoms. The summed E-state index contributed by atoms with van der Waals surface area (Å²) in [6, 6.07) is 22.4. The zero-order chi connectivity index (χ0) is 22.9. The van der Waals surface area contributed by atoms with Gasteiger partial charge in [-0.15, -0.1) is 0 Å². The van der Waals surface area contributed by atoms with E-state index in [-0.39, 0.29) is 5.91 Å². The van der Waals surface area contributed by atoms with E-state index in [0.29, 0.717) is 28.8 Å². The van der Waals surface area contributed by atoms with E-state index < -0.39 is 6.04 Å². The highest BCUT2D eigenvalue weighted by Gasteiger charge is 2.35. The van der Waals surface area contributed by atoms with Gasteiger partial charge >= 0.3 is 0 Å². The molecule has 0 aliphatic carbocycles. The number of carbonyl (C=O) groups excluding carboxylic acids is 1. The fourth-order valence-corrected chi connectivity index (χ4v) is 4.40. The van der Waals surface area contributed by atoms with Crippen molar-refractivity contribution < 1.29 is 9.53 Å². The predicted octanol–water partition coefficient (Wildman–Crippen LogP) is 6.02. The van der Waals surface area contributed by atoms with E-state index >= 15 is 0 Å². The third-order valence-electron chi connectivity index (χ3n) is 5.69. The van der Waals surface area contributed by atoms with Crippen LogP contribution in [-0.2, 0) is 4.79 Å². The third-order valence-corrected chi connectivity index (χ3v) is 5.94. The van der Waals surface area contributed by atoms with Crippen LogP contribution in [-0.4, -0.2) is 22.1 Å². The molecule has 1 amide bonds. The second kappa shape index (κ2) is 8.64. The summed E-state index contributed by atoms with van der Waals surface area (Å²) in [5.74, 6) is 1.22. The normalized spacial score (nSPS) is 15.2. The van der Waals surface area contributed by atoms with Crippen LogP contribution < -0.4 is 15.4 Å². The summed E-state index contributed by atoms with van der Waals surface area (Å²) in [7, 11) is 0. The van der Waals surface area contributed by atoms with Gasteiger partial charge in [-0.1, -0.05) is 41.9 Å². The highest BCUT2D eigenvalue weighted by Crippen LogP contribution is 2.42. The highest BCUT2D eigenvalue weighted by molar-refractivity contribution is 6.30. The number of carbonyl (C=O) groups is 1. The lowest BCUT2D eigenvalue weighted by Crippen LogP contribution is -2.31. The number of fused-ring (bicyclic) bond motifs is 3. The molecule has 0 fully saturated rings. The summed E-state index contributed by atoms with van der Waals surface area (Å²) in [4.78, 5) is 18.4. The Bertz CT molecular complexity index is 1370. The molecule has 2 N–H and O–H groups in total. The maximum atomic E-state index is 13.7. The average molecular weight is 459 g/mol. The zero-order valence-corrected chi connectivity index (χ0v) is 19.1. The van der Waals surface area contributed by atoms with Crippen molar-refractivity contribution in [1.29, 1.82) is 0 Å². The van der Waals surface area contributed by atoms with Crippen LogP contribution in [0.5, 0.6) is 5.75 Å². The van der Waals surface area contributed by atoms with E-state index in [1.165, 1.54) is 0 Å². The zero-order valence-electron chi connectivity index (χ0n) is 18.3. The van der Waals surface area contributed by atoms with Crippen molar-refractivity contribution in [2.45, 2.75) is 19.9 Å². The van der Waals surface area contributed by atoms with Crippen molar-refractivity contribution in [3.8, 4) is 5.75 Å². The first-order chi connectivity index (χ1) is 16.1. The largest absolute Gasteiger partial charge is 0.494 e. The summed E-state index contributed by atoms with van der Waals surface area (Å²) in [6.07, 6.45) is 0. The lowest BCUT2D eigenvalue weighted by atomic mass is 9.93. The summed E-state index contributed by atoms with van der Waals surface area (Å²) >= 11 is 6.01. The monoisotopic (exact) mass is 458 g/mol. The third kappa shape index (κ3) is 3.83. The van der Waals surface area contributed by atoms with Crippen LogP contribution in [0.4, 0.5) is 11.6 Å². The highest BCUT2D eigenvalue weighted by atomic mass is 35.5. The summed E-state index contributed by atoms with van der Waals surface area (Å²) in [5.41, 5.74) is 4.67. The Morgan fingerprint density at radius 3 is 2.61 bits per heavy atom. The number of aromatic nitrogens is 2. The molecule has 1 aliphatic rings. The first kappa shape index (κ1) is 21.1. The molecular weight excluding hydrogens is 436 g/mol. The Labute approximate surface area is 196 Å². The number of allylic oxidation sites excluding steroid dienone is 1. The quantitative estimate of drug-likeness (QED) is 0.384. The maximum Gasteiger partial charge on any atom is 0.255 e. The molecule has 1 atom stereocenters. The van der Waals surface area contributed by atoms with Gasteiger partial charge in [-0.25, -0.2) is 4.98 Å². The number of amides is 1. The van der Waals surface area contributed by atoms with Crippen LogP contribution in [0.1, 0.15) is 25.5 Å². The number of ether oxygens (including phenoxy) is 1. The van der Waals surface area contributed by atoms with Gasteiger partial charge in [0.05, 0.1) is 29.3 Å². The molecule has 0 bridgehead atoms. The first-order valence-corrected chi connectivity index (χ1v) is 11.2. The molecule has 0 saturated heterocycles. The van der Waals surface area contributed by atoms with Gasteiger partial charge in [0, 0.05) is 22.0 Å². The van der Waals surface area contributed by atoms with E-state index in [1.54, 1.807) is 24.3 Å². The first-order valence-electron chi connectivity index (χ1n) is 10.8.